The minimum atomic E-state index is -4.51. The molecule has 0 aliphatic rings. The van der Waals surface area contributed by atoms with Crippen molar-refractivity contribution < 1.29 is 18.0 Å². The summed E-state index contributed by atoms with van der Waals surface area (Å²) in [5, 5.41) is 6.72. The Hall–Kier alpha value is -3.58. The Balaban J connectivity index is 1.81. The number of carbonyl (C=O) groups is 1. The molecule has 1 atom stereocenters. The third-order valence-corrected chi connectivity index (χ3v) is 6.79. The normalized spacial score (nSPS) is 12.3. The average molecular weight is 481 g/mol. The Kier molecular flexibility index (Phi) is 6.75. The van der Waals surface area contributed by atoms with E-state index in [0.717, 1.165) is 27.6 Å². The molecule has 1 aromatic heterocycles. The summed E-state index contributed by atoms with van der Waals surface area (Å²) in [6, 6.07) is 22.9. The highest BCUT2D eigenvalue weighted by atomic mass is 32.1. The fraction of sp³-hybridized carbons (Fsp3) is 0.148. The number of benzene rings is 3. The topological polar surface area (TPSA) is 41.1 Å². The summed E-state index contributed by atoms with van der Waals surface area (Å²) in [5.41, 5.74) is 2.19. The Bertz CT molecular complexity index is 1280. The summed E-state index contributed by atoms with van der Waals surface area (Å²) in [6.07, 6.45) is -4.51. The van der Waals surface area contributed by atoms with Gasteiger partial charge in [0.25, 0.3) is 5.91 Å². The van der Waals surface area contributed by atoms with Gasteiger partial charge in [-0.25, -0.2) is 0 Å². The van der Waals surface area contributed by atoms with Gasteiger partial charge in [-0.15, -0.1) is 11.3 Å². The number of anilines is 2. The van der Waals surface area contributed by atoms with Crippen molar-refractivity contribution in [3.63, 3.8) is 0 Å². The number of hydrogen-bond acceptors (Lipinski definition) is 3. The van der Waals surface area contributed by atoms with E-state index in [9.17, 15) is 18.0 Å². The van der Waals surface area contributed by atoms with Crippen LogP contribution in [0.4, 0.5) is 23.9 Å². The predicted octanol–water partition coefficient (Wildman–Crippen LogP) is 7.84. The third kappa shape index (κ3) is 4.99. The standard InChI is InChI=1S/C27H23F3N2OS/c1-17-18(2)34-26(32-25(33)20-13-7-4-8-14-20)23(17)24(19-11-5-3-6-12-19)31-22-16-10-9-15-21(22)27(28,29)30/h3-16,24,31H,1-2H3,(H,32,33). The molecule has 0 spiro atoms. The van der Waals surface area contributed by atoms with Crippen LogP contribution >= 0.6 is 11.3 Å². The molecule has 0 saturated carbocycles. The molecule has 1 amide bonds. The number of hydrogen-bond donors (Lipinski definition) is 2. The van der Waals surface area contributed by atoms with Crippen LogP contribution in [0.15, 0.2) is 84.9 Å². The molecule has 4 aromatic rings. The molecule has 0 fully saturated rings. The van der Waals surface area contributed by atoms with Gasteiger partial charge in [-0.2, -0.15) is 13.2 Å². The summed E-state index contributed by atoms with van der Waals surface area (Å²) in [7, 11) is 0. The number of rotatable bonds is 6. The lowest BCUT2D eigenvalue weighted by Gasteiger charge is -2.25. The van der Waals surface area contributed by atoms with Crippen molar-refractivity contribution >= 4 is 27.9 Å². The van der Waals surface area contributed by atoms with Crippen molar-refractivity contribution in [1.29, 1.82) is 0 Å². The van der Waals surface area contributed by atoms with Crippen molar-refractivity contribution in [3.8, 4) is 0 Å². The first-order valence-electron chi connectivity index (χ1n) is 10.7. The molecule has 34 heavy (non-hydrogen) atoms. The van der Waals surface area contributed by atoms with E-state index in [1.165, 1.54) is 23.5 Å². The van der Waals surface area contributed by atoms with Crippen LogP contribution in [0.3, 0.4) is 0 Å². The maximum Gasteiger partial charge on any atom is 0.418 e. The van der Waals surface area contributed by atoms with E-state index in [1.54, 1.807) is 30.3 Å². The highest BCUT2D eigenvalue weighted by Crippen LogP contribution is 2.43. The lowest BCUT2D eigenvalue weighted by Crippen LogP contribution is -2.19. The SMILES string of the molecule is Cc1sc(NC(=O)c2ccccc2)c(C(Nc2ccccc2C(F)(F)F)c2ccccc2)c1C. The van der Waals surface area contributed by atoms with E-state index in [0.29, 0.717) is 10.6 Å². The molecule has 0 radical (unpaired) electrons. The quantitative estimate of drug-likeness (QED) is 0.295. The van der Waals surface area contributed by atoms with Gasteiger partial charge < -0.3 is 10.6 Å². The number of amides is 1. The predicted molar refractivity (Wildman–Crippen MR) is 132 cm³/mol. The monoisotopic (exact) mass is 480 g/mol. The number of halogens is 3. The first-order valence-corrected chi connectivity index (χ1v) is 11.5. The molecule has 3 nitrogen and oxygen atoms in total. The Morgan fingerprint density at radius 2 is 1.44 bits per heavy atom. The maximum absolute atomic E-state index is 13.7. The van der Waals surface area contributed by atoms with Gasteiger partial charge in [0.15, 0.2) is 0 Å². The molecule has 4 rings (SSSR count). The number of nitrogens with one attached hydrogen (secondary N) is 2. The van der Waals surface area contributed by atoms with Gasteiger partial charge in [0.1, 0.15) is 5.00 Å². The first-order chi connectivity index (χ1) is 16.3. The highest BCUT2D eigenvalue weighted by Gasteiger charge is 2.34. The van der Waals surface area contributed by atoms with Crippen molar-refractivity contribution in [2.75, 3.05) is 10.6 Å². The van der Waals surface area contributed by atoms with Gasteiger partial charge in [0.05, 0.1) is 11.6 Å². The van der Waals surface area contributed by atoms with E-state index in [4.69, 9.17) is 0 Å². The summed E-state index contributed by atoms with van der Waals surface area (Å²) in [6.45, 7) is 3.86. The Morgan fingerprint density at radius 3 is 2.09 bits per heavy atom. The molecular weight excluding hydrogens is 457 g/mol. The van der Waals surface area contributed by atoms with Crippen molar-refractivity contribution in [2.45, 2.75) is 26.1 Å². The van der Waals surface area contributed by atoms with Crippen LogP contribution in [0.1, 0.15) is 43.5 Å². The molecule has 7 heteroatoms. The second-order valence-electron chi connectivity index (χ2n) is 7.88. The fourth-order valence-electron chi connectivity index (χ4n) is 3.83. The van der Waals surface area contributed by atoms with E-state index >= 15 is 0 Å². The lowest BCUT2D eigenvalue weighted by atomic mass is 9.95. The zero-order chi connectivity index (χ0) is 24.3. The third-order valence-electron chi connectivity index (χ3n) is 5.65. The summed E-state index contributed by atoms with van der Waals surface area (Å²) < 4.78 is 41.2. The van der Waals surface area contributed by atoms with Crippen LogP contribution < -0.4 is 10.6 Å². The number of carbonyl (C=O) groups excluding carboxylic acids is 1. The van der Waals surface area contributed by atoms with Crippen LogP contribution in [0.25, 0.3) is 0 Å². The molecule has 0 bridgehead atoms. The van der Waals surface area contributed by atoms with Gasteiger partial charge in [0, 0.05) is 21.7 Å². The maximum atomic E-state index is 13.7. The molecule has 1 heterocycles. The van der Waals surface area contributed by atoms with Crippen LogP contribution in [0.2, 0.25) is 0 Å². The number of thiophene rings is 1. The van der Waals surface area contributed by atoms with Crippen molar-refractivity contribution in [3.05, 3.63) is 118 Å². The molecule has 0 aliphatic heterocycles. The molecule has 174 valence electrons. The molecule has 0 aliphatic carbocycles. The number of aryl methyl sites for hydroxylation is 1. The second kappa shape index (κ2) is 9.73. The summed E-state index contributed by atoms with van der Waals surface area (Å²) >= 11 is 1.41. The van der Waals surface area contributed by atoms with Crippen LogP contribution in [0, 0.1) is 13.8 Å². The smallest absolute Gasteiger partial charge is 0.374 e. The summed E-state index contributed by atoms with van der Waals surface area (Å²) in [5.74, 6) is -0.273. The van der Waals surface area contributed by atoms with Crippen LogP contribution in [-0.2, 0) is 6.18 Å². The van der Waals surface area contributed by atoms with Gasteiger partial charge >= 0.3 is 6.18 Å². The van der Waals surface area contributed by atoms with Gasteiger partial charge in [-0.05, 0) is 49.2 Å². The largest absolute Gasteiger partial charge is 0.418 e. The average Bonchev–Trinajstić information content (AvgIpc) is 3.11. The minimum absolute atomic E-state index is 0.0209. The van der Waals surface area contributed by atoms with E-state index in [2.05, 4.69) is 10.6 Å². The zero-order valence-corrected chi connectivity index (χ0v) is 19.4. The van der Waals surface area contributed by atoms with Crippen LogP contribution in [0.5, 0.6) is 0 Å². The highest BCUT2D eigenvalue weighted by molar-refractivity contribution is 7.16. The molecule has 1 unspecified atom stereocenters. The second-order valence-corrected chi connectivity index (χ2v) is 9.10. The van der Waals surface area contributed by atoms with Crippen LogP contribution in [-0.4, -0.2) is 5.91 Å². The van der Waals surface area contributed by atoms with E-state index in [-0.39, 0.29) is 11.6 Å². The van der Waals surface area contributed by atoms with Gasteiger partial charge in [-0.1, -0.05) is 60.7 Å². The Morgan fingerprint density at radius 1 is 0.853 bits per heavy atom. The van der Waals surface area contributed by atoms with E-state index in [1.807, 2.05) is 50.2 Å². The van der Waals surface area contributed by atoms with Crippen molar-refractivity contribution in [1.82, 2.24) is 0 Å². The first kappa shape index (κ1) is 23.6. The van der Waals surface area contributed by atoms with Gasteiger partial charge in [-0.3, -0.25) is 4.79 Å². The van der Waals surface area contributed by atoms with E-state index < -0.39 is 17.8 Å². The Labute approximate surface area is 200 Å². The molecule has 0 saturated heterocycles. The molecule has 3 aromatic carbocycles. The molecular formula is C27H23F3N2OS. The number of alkyl halides is 3. The summed E-state index contributed by atoms with van der Waals surface area (Å²) in [4.78, 5) is 13.9. The van der Waals surface area contributed by atoms with Crippen molar-refractivity contribution in [2.24, 2.45) is 0 Å². The fourth-order valence-corrected chi connectivity index (χ4v) is 4.92. The van der Waals surface area contributed by atoms with Gasteiger partial charge in [0.2, 0.25) is 0 Å². The zero-order valence-electron chi connectivity index (χ0n) is 18.6. The molecule has 2 N–H and O–H groups in total. The minimum Gasteiger partial charge on any atom is -0.374 e. The lowest BCUT2D eigenvalue weighted by molar-refractivity contribution is -0.137. The number of para-hydroxylation sites is 1.